The van der Waals surface area contributed by atoms with Crippen LogP contribution in [0.1, 0.15) is 5.56 Å². The van der Waals surface area contributed by atoms with E-state index in [2.05, 4.69) is 0 Å². The SMILES string of the molecule is N#CCN1C(=O)C2(OCCO2)c2c(Cl)cccc21. The number of fused-ring (bicyclic) bond motifs is 2. The molecule has 0 saturated carbocycles. The van der Waals surface area contributed by atoms with Gasteiger partial charge in [-0.05, 0) is 12.1 Å². The van der Waals surface area contributed by atoms with E-state index in [0.29, 0.717) is 29.5 Å². The first-order chi connectivity index (χ1) is 8.70. The Morgan fingerprint density at radius 2 is 2.17 bits per heavy atom. The number of carbonyl (C=O) groups excluding carboxylic acids is 1. The van der Waals surface area contributed by atoms with E-state index in [4.69, 9.17) is 26.3 Å². The molecule has 3 rings (SSSR count). The van der Waals surface area contributed by atoms with Crippen molar-refractivity contribution in [3.63, 3.8) is 0 Å². The van der Waals surface area contributed by atoms with Gasteiger partial charge in [0.05, 0.1) is 35.6 Å². The van der Waals surface area contributed by atoms with Crippen molar-refractivity contribution < 1.29 is 14.3 Å². The van der Waals surface area contributed by atoms with Crippen LogP contribution in [0, 0.1) is 11.3 Å². The smallest absolute Gasteiger partial charge is 0.293 e. The van der Waals surface area contributed by atoms with E-state index >= 15 is 0 Å². The van der Waals surface area contributed by atoms with Crippen molar-refractivity contribution in [3.05, 3.63) is 28.8 Å². The number of benzene rings is 1. The van der Waals surface area contributed by atoms with Gasteiger partial charge in [-0.15, -0.1) is 0 Å². The Morgan fingerprint density at radius 1 is 1.44 bits per heavy atom. The zero-order valence-electron chi connectivity index (χ0n) is 9.35. The molecule has 5 nitrogen and oxygen atoms in total. The summed E-state index contributed by atoms with van der Waals surface area (Å²) in [5.41, 5.74) is 1.08. The largest absolute Gasteiger partial charge is 0.336 e. The minimum atomic E-state index is -1.45. The lowest BCUT2D eigenvalue weighted by Crippen LogP contribution is -2.41. The van der Waals surface area contributed by atoms with Crippen molar-refractivity contribution in [2.45, 2.75) is 5.79 Å². The van der Waals surface area contributed by atoms with Gasteiger partial charge in [0.1, 0.15) is 6.54 Å². The van der Waals surface area contributed by atoms with Crippen molar-refractivity contribution >= 4 is 23.2 Å². The quantitative estimate of drug-likeness (QED) is 0.720. The molecule has 92 valence electrons. The van der Waals surface area contributed by atoms with Crippen LogP contribution in [0.3, 0.4) is 0 Å². The van der Waals surface area contributed by atoms with Crippen molar-refractivity contribution in [2.75, 3.05) is 24.7 Å². The summed E-state index contributed by atoms with van der Waals surface area (Å²) in [5.74, 6) is -1.84. The summed E-state index contributed by atoms with van der Waals surface area (Å²) in [6.07, 6.45) is 0. The van der Waals surface area contributed by atoms with Gasteiger partial charge in [0, 0.05) is 0 Å². The van der Waals surface area contributed by atoms with E-state index in [1.54, 1.807) is 18.2 Å². The highest BCUT2D eigenvalue weighted by Crippen LogP contribution is 2.48. The molecule has 18 heavy (non-hydrogen) atoms. The summed E-state index contributed by atoms with van der Waals surface area (Å²) in [5, 5.41) is 9.22. The van der Waals surface area contributed by atoms with E-state index in [-0.39, 0.29) is 12.5 Å². The number of hydrogen-bond donors (Lipinski definition) is 0. The number of nitriles is 1. The van der Waals surface area contributed by atoms with Gasteiger partial charge in [-0.1, -0.05) is 17.7 Å². The summed E-state index contributed by atoms with van der Waals surface area (Å²) in [6, 6.07) is 7.10. The molecule has 1 aromatic rings. The van der Waals surface area contributed by atoms with E-state index in [1.807, 2.05) is 6.07 Å². The van der Waals surface area contributed by atoms with Crippen LogP contribution in [0.5, 0.6) is 0 Å². The number of ether oxygens (including phenoxy) is 2. The molecule has 0 bridgehead atoms. The predicted octanol–water partition coefficient (Wildman–Crippen LogP) is 1.41. The summed E-state index contributed by atoms with van der Waals surface area (Å²) in [6.45, 7) is 0.605. The highest BCUT2D eigenvalue weighted by Gasteiger charge is 2.57. The summed E-state index contributed by atoms with van der Waals surface area (Å²) in [7, 11) is 0. The standard InChI is InChI=1S/C12H9ClN2O3/c13-8-2-1-3-9-10(8)12(17-6-7-18-12)11(16)15(9)5-4-14/h1-3H,5-7H2. The normalized spacial score (nSPS) is 20.2. The Hall–Kier alpha value is -1.61. The molecular weight excluding hydrogens is 256 g/mol. The Balaban J connectivity index is 2.22. The predicted molar refractivity (Wildman–Crippen MR) is 63.0 cm³/mol. The van der Waals surface area contributed by atoms with Crippen LogP contribution in [0.15, 0.2) is 18.2 Å². The maximum absolute atomic E-state index is 12.4. The first kappa shape index (κ1) is 11.5. The molecule has 1 fully saturated rings. The third-order valence-corrected chi connectivity index (χ3v) is 3.38. The van der Waals surface area contributed by atoms with Crippen LogP contribution in [-0.4, -0.2) is 25.7 Å². The number of nitrogens with zero attached hydrogens (tertiary/aromatic N) is 2. The second-order valence-corrected chi connectivity index (χ2v) is 4.40. The Labute approximate surface area is 108 Å². The van der Waals surface area contributed by atoms with Crippen molar-refractivity contribution in [3.8, 4) is 6.07 Å². The van der Waals surface area contributed by atoms with Gasteiger partial charge >= 0.3 is 0 Å². The van der Waals surface area contributed by atoms with Crippen molar-refractivity contribution in [1.82, 2.24) is 0 Å². The Morgan fingerprint density at radius 3 is 2.83 bits per heavy atom. The zero-order chi connectivity index (χ0) is 12.8. The molecule has 2 aliphatic rings. The number of rotatable bonds is 1. The molecule has 2 aliphatic heterocycles. The number of hydrogen-bond acceptors (Lipinski definition) is 4. The molecule has 0 aromatic heterocycles. The van der Waals surface area contributed by atoms with Crippen LogP contribution >= 0.6 is 11.6 Å². The van der Waals surface area contributed by atoms with E-state index in [0.717, 1.165) is 0 Å². The number of anilines is 1. The maximum Gasteiger partial charge on any atom is 0.293 e. The molecule has 0 atom stereocenters. The number of carbonyl (C=O) groups is 1. The Bertz CT molecular complexity index is 561. The summed E-state index contributed by atoms with van der Waals surface area (Å²) >= 11 is 6.15. The number of halogens is 1. The van der Waals surface area contributed by atoms with Gasteiger partial charge < -0.3 is 9.47 Å². The van der Waals surface area contributed by atoms with Crippen LogP contribution in [-0.2, 0) is 20.1 Å². The molecule has 0 N–H and O–H groups in total. The van der Waals surface area contributed by atoms with Crippen molar-refractivity contribution in [1.29, 1.82) is 5.26 Å². The monoisotopic (exact) mass is 264 g/mol. The van der Waals surface area contributed by atoms with Crippen LogP contribution < -0.4 is 4.90 Å². The maximum atomic E-state index is 12.4. The zero-order valence-corrected chi connectivity index (χ0v) is 10.1. The van der Waals surface area contributed by atoms with Gasteiger partial charge in [-0.3, -0.25) is 9.69 Å². The topological polar surface area (TPSA) is 62.6 Å². The van der Waals surface area contributed by atoms with Gasteiger partial charge in [-0.2, -0.15) is 5.26 Å². The second kappa shape index (κ2) is 3.95. The van der Waals surface area contributed by atoms with Gasteiger partial charge in [0.25, 0.3) is 11.7 Å². The molecule has 0 radical (unpaired) electrons. The molecule has 1 aromatic carbocycles. The third kappa shape index (κ3) is 1.31. The lowest BCUT2D eigenvalue weighted by Gasteiger charge is -2.21. The third-order valence-electron chi connectivity index (χ3n) is 3.06. The lowest BCUT2D eigenvalue weighted by molar-refractivity contribution is -0.180. The molecule has 2 heterocycles. The highest BCUT2D eigenvalue weighted by molar-refractivity contribution is 6.33. The summed E-state index contributed by atoms with van der Waals surface area (Å²) < 4.78 is 11.0. The molecule has 0 aliphatic carbocycles. The fourth-order valence-corrected chi connectivity index (χ4v) is 2.66. The fourth-order valence-electron chi connectivity index (χ4n) is 2.37. The molecule has 1 amide bonds. The highest BCUT2D eigenvalue weighted by atomic mass is 35.5. The second-order valence-electron chi connectivity index (χ2n) is 4.00. The van der Waals surface area contributed by atoms with E-state index in [1.165, 1.54) is 4.90 Å². The Kier molecular flexibility index (Phi) is 2.52. The molecule has 1 spiro atoms. The van der Waals surface area contributed by atoms with E-state index < -0.39 is 5.79 Å². The van der Waals surface area contributed by atoms with Crippen LogP contribution in [0.25, 0.3) is 0 Å². The minimum Gasteiger partial charge on any atom is -0.336 e. The van der Waals surface area contributed by atoms with Gasteiger partial charge in [0.15, 0.2) is 0 Å². The fraction of sp³-hybridized carbons (Fsp3) is 0.333. The first-order valence-electron chi connectivity index (χ1n) is 5.46. The molecular formula is C12H9ClN2O3. The lowest BCUT2D eigenvalue weighted by atomic mass is 10.1. The summed E-state index contributed by atoms with van der Waals surface area (Å²) in [4.78, 5) is 13.7. The van der Waals surface area contributed by atoms with Crippen molar-refractivity contribution in [2.24, 2.45) is 0 Å². The molecule has 1 saturated heterocycles. The minimum absolute atomic E-state index is 0.0549. The van der Waals surface area contributed by atoms with Crippen LogP contribution in [0.2, 0.25) is 5.02 Å². The number of amides is 1. The first-order valence-corrected chi connectivity index (χ1v) is 5.84. The van der Waals surface area contributed by atoms with Gasteiger partial charge in [-0.25, -0.2) is 0 Å². The van der Waals surface area contributed by atoms with Crippen LogP contribution in [0.4, 0.5) is 5.69 Å². The van der Waals surface area contributed by atoms with Gasteiger partial charge in [0.2, 0.25) is 0 Å². The average molecular weight is 265 g/mol. The average Bonchev–Trinajstić information content (AvgIpc) is 2.92. The van der Waals surface area contributed by atoms with E-state index in [9.17, 15) is 4.79 Å². The molecule has 0 unspecified atom stereocenters. The molecule has 6 heteroatoms.